The van der Waals surface area contributed by atoms with Crippen molar-refractivity contribution < 1.29 is 0 Å². The van der Waals surface area contributed by atoms with Crippen molar-refractivity contribution in [2.24, 2.45) is 5.73 Å². The highest BCUT2D eigenvalue weighted by Gasteiger charge is 2.16. The van der Waals surface area contributed by atoms with E-state index in [1.165, 1.54) is 5.56 Å². The van der Waals surface area contributed by atoms with Crippen LogP contribution in [0, 0.1) is 0 Å². The van der Waals surface area contributed by atoms with Gasteiger partial charge in [0.05, 0.1) is 0 Å². The van der Waals surface area contributed by atoms with Crippen LogP contribution >= 0.6 is 12.4 Å². The Kier molecular flexibility index (Phi) is 5.92. The molecule has 0 aliphatic carbocycles. The highest BCUT2D eigenvalue weighted by atomic mass is 35.5. The molecule has 1 unspecified atom stereocenters. The van der Waals surface area contributed by atoms with Crippen molar-refractivity contribution in [3.8, 4) is 0 Å². The first-order valence-electron chi connectivity index (χ1n) is 5.97. The van der Waals surface area contributed by atoms with E-state index in [0.29, 0.717) is 0 Å². The van der Waals surface area contributed by atoms with E-state index in [4.69, 9.17) is 5.73 Å². The van der Waals surface area contributed by atoms with E-state index in [9.17, 15) is 0 Å². The highest BCUT2D eigenvalue weighted by molar-refractivity contribution is 5.85. The van der Waals surface area contributed by atoms with E-state index in [2.05, 4.69) is 41.1 Å². The zero-order valence-corrected chi connectivity index (χ0v) is 11.2. The number of likely N-dealkylation sites (N-methyl/N-ethyl adjacent to an activating group) is 1. The van der Waals surface area contributed by atoms with Crippen LogP contribution in [0.3, 0.4) is 0 Å². The molecule has 0 bridgehead atoms. The van der Waals surface area contributed by atoms with Gasteiger partial charge in [-0.25, -0.2) is 0 Å². The Morgan fingerprint density at radius 2 is 1.71 bits per heavy atom. The zero-order chi connectivity index (χ0) is 11.4. The van der Waals surface area contributed by atoms with Crippen LogP contribution in [0.25, 0.3) is 0 Å². The molecular weight excluding hydrogens is 234 g/mol. The average Bonchev–Trinajstić information content (AvgIpc) is 2.33. The molecule has 0 amide bonds. The maximum absolute atomic E-state index is 6.21. The van der Waals surface area contributed by atoms with Gasteiger partial charge in [-0.1, -0.05) is 30.3 Å². The summed E-state index contributed by atoms with van der Waals surface area (Å²) >= 11 is 0. The molecule has 1 heterocycles. The number of benzene rings is 1. The molecular formula is C13H22ClN3. The van der Waals surface area contributed by atoms with Crippen LogP contribution in [-0.4, -0.2) is 49.6 Å². The predicted molar refractivity (Wildman–Crippen MR) is 74.6 cm³/mol. The van der Waals surface area contributed by atoms with Gasteiger partial charge < -0.3 is 10.6 Å². The van der Waals surface area contributed by atoms with Crippen molar-refractivity contribution in [2.45, 2.75) is 6.04 Å². The minimum atomic E-state index is 0. The largest absolute Gasteiger partial charge is 0.323 e. The first-order chi connectivity index (χ1) is 7.75. The summed E-state index contributed by atoms with van der Waals surface area (Å²) < 4.78 is 0. The van der Waals surface area contributed by atoms with Gasteiger partial charge >= 0.3 is 0 Å². The third-order valence-electron chi connectivity index (χ3n) is 3.28. The Hall–Kier alpha value is -0.610. The van der Waals surface area contributed by atoms with E-state index >= 15 is 0 Å². The molecule has 1 aliphatic heterocycles. The highest BCUT2D eigenvalue weighted by Crippen LogP contribution is 2.12. The lowest BCUT2D eigenvalue weighted by atomic mass is 10.1. The summed E-state index contributed by atoms with van der Waals surface area (Å²) in [4.78, 5) is 4.82. The van der Waals surface area contributed by atoms with Gasteiger partial charge in [0.1, 0.15) is 0 Å². The van der Waals surface area contributed by atoms with Crippen LogP contribution in [0.1, 0.15) is 11.6 Å². The summed E-state index contributed by atoms with van der Waals surface area (Å²) in [6.45, 7) is 5.55. The quantitative estimate of drug-likeness (QED) is 0.885. The zero-order valence-electron chi connectivity index (χ0n) is 10.4. The molecule has 0 saturated carbocycles. The lowest BCUT2D eigenvalue weighted by molar-refractivity contribution is 0.147. The summed E-state index contributed by atoms with van der Waals surface area (Å²) in [7, 11) is 2.18. The minimum absolute atomic E-state index is 0. The van der Waals surface area contributed by atoms with Crippen LogP contribution in [0.2, 0.25) is 0 Å². The maximum atomic E-state index is 6.21. The molecule has 1 aromatic carbocycles. The van der Waals surface area contributed by atoms with Crippen molar-refractivity contribution in [1.29, 1.82) is 0 Å². The standard InChI is InChI=1S/C13H21N3.ClH/c1-15-7-9-16(10-8-15)11-13(14)12-5-3-2-4-6-12;/h2-6,13H,7-11,14H2,1H3;1H. The molecule has 96 valence electrons. The third-order valence-corrected chi connectivity index (χ3v) is 3.28. The Balaban J connectivity index is 0.00000144. The van der Waals surface area contributed by atoms with Gasteiger partial charge in [0.2, 0.25) is 0 Å². The number of nitrogens with two attached hydrogens (primary N) is 1. The van der Waals surface area contributed by atoms with Gasteiger partial charge in [0.15, 0.2) is 0 Å². The number of piperazine rings is 1. The number of hydrogen-bond acceptors (Lipinski definition) is 3. The van der Waals surface area contributed by atoms with Crippen LogP contribution in [0.4, 0.5) is 0 Å². The summed E-state index contributed by atoms with van der Waals surface area (Å²) in [5, 5.41) is 0. The monoisotopic (exact) mass is 255 g/mol. The van der Waals surface area contributed by atoms with E-state index in [1.807, 2.05) is 6.07 Å². The van der Waals surface area contributed by atoms with E-state index < -0.39 is 0 Å². The van der Waals surface area contributed by atoms with Gasteiger partial charge in [-0.15, -0.1) is 12.4 Å². The molecule has 1 aliphatic rings. The van der Waals surface area contributed by atoms with Gasteiger partial charge in [-0.2, -0.15) is 0 Å². The second kappa shape index (κ2) is 6.97. The molecule has 0 radical (unpaired) electrons. The fraction of sp³-hybridized carbons (Fsp3) is 0.538. The Labute approximate surface area is 110 Å². The van der Waals surface area contributed by atoms with Crippen molar-refractivity contribution in [3.63, 3.8) is 0 Å². The topological polar surface area (TPSA) is 32.5 Å². The number of hydrogen-bond donors (Lipinski definition) is 1. The fourth-order valence-electron chi connectivity index (χ4n) is 2.11. The lowest BCUT2D eigenvalue weighted by Crippen LogP contribution is -2.46. The average molecular weight is 256 g/mol. The molecule has 1 saturated heterocycles. The second-order valence-electron chi connectivity index (χ2n) is 4.62. The van der Waals surface area contributed by atoms with Gasteiger partial charge in [0.25, 0.3) is 0 Å². The van der Waals surface area contributed by atoms with Crippen LogP contribution in [0.15, 0.2) is 30.3 Å². The molecule has 2 rings (SSSR count). The first-order valence-corrected chi connectivity index (χ1v) is 5.97. The van der Waals surface area contributed by atoms with Crippen molar-refractivity contribution >= 4 is 12.4 Å². The Morgan fingerprint density at radius 3 is 2.29 bits per heavy atom. The molecule has 1 aromatic rings. The number of halogens is 1. The summed E-state index contributed by atoms with van der Waals surface area (Å²) in [6, 6.07) is 10.5. The molecule has 4 heteroatoms. The third kappa shape index (κ3) is 4.28. The summed E-state index contributed by atoms with van der Waals surface area (Å²) in [5.41, 5.74) is 7.44. The molecule has 1 fully saturated rings. The summed E-state index contributed by atoms with van der Waals surface area (Å²) in [5.74, 6) is 0. The normalized spacial score (nSPS) is 19.6. The molecule has 3 nitrogen and oxygen atoms in total. The van der Waals surface area contributed by atoms with Crippen molar-refractivity contribution in [2.75, 3.05) is 39.8 Å². The van der Waals surface area contributed by atoms with E-state index in [1.54, 1.807) is 0 Å². The molecule has 17 heavy (non-hydrogen) atoms. The predicted octanol–water partition coefficient (Wildman–Crippen LogP) is 1.36. The minimum Gasteiger partial charge on any atom is -0.323 e. The van der Waals surface area contributed by atoms with Gasteiger partial charge in [0, 0.05) is 38.8 Å². The molecule has 0 aromatic heterocycles. The summed E-state index contributed by atoms with van der Waals surface area (Å²) in [6.07, 6.45) is 0. The molecule has 2 N–H and O–H groups in total. The van der Waals surface area contributed by atoms with Crippen molar-refractivity contribution in [3.05, 3.63) is 35.9 Å². The maximum Gasteiger partial charge on any atom is 0.0424 e. The van der Waals surface area contributed by atoms with E-state index in [0.717, 1.165) is 32.7 Å². The fourth-order valence-corrected chi connectivity index (χ4v) is 2.11. The Bertz CT molecular complexity index is 310. The van der Waals surface area contributed by atoms with Crippen LogP contribution in [-0.2, 0) is 0 Å². The number of nitrogens with zero attached hydrogens (tertiary/aromatic N) is 2. The van der Waals surface area contributed by atoms with Crippen molar-refractivity contribution in [1.82, 2.24) is 9.80 Å². The van der Waals surface area contributed by atoms with Crippen LogP contribution < -0.4 is 5.73 Å². The second-order valence-corrected chi connectivity index (χ2v) is 4.62. The SMILES string of the molecule is CN1CCN(CC(N)c2ccccc2)CC1.Cl. The molecule has 0 spiro atoms. The van der Waals surface area contributed by atoms with Crippen LogP contribution in [0.5, 0.6) is 0 Å². The van der Waals surface area contributed by atoms with E-state index in [-0.39, 0.29) is 18.4 Å². The number of rotatable bonds is 3. The smallest absolute Gasteiger partial charge is 0.0424 e. The Morgan fingerprint density at radius 1 is 1.12 bits per heavy atom. The molecule has 1 atom stereocenters. The first kappa shape index (κ1) is 14.5. The van der Waals surface area contributed by atoms with Gasteiger partial charge in [-0.05, 0) is 12.6 Å². The van der Waals surface area contributed by atoms with Gasteiger partial charge in [-0.3, -0.25) is 4.90 Å². The lowest BCUT2D eigenvalue weighted by Gasteiger charge is -2.33.